The van der Waals surface area contributed by atoms with Gasteiger partial charge < -0.3 is 15.2 Å². The number of nitrogens with one attached hydrogen (secondary N) is 1. The topological polar surface area (TPSA) is 58.6 Å². The van der Waals surface area contributed by atoms with Crippen molar-refractivity contribution in [2.45, 2.75) is 6.10 Å². The van der Waals surface area contributed by atoms with Crippen molar-refractivity contribution in [3.63, 3.8) is 0 Å². The van der Waals surface area contributed by atoms with Gasteiger partial charge in [0.2, 0.25) is 0 Å². The molecule has 0 bridgehead atoms. The van der Waals surface area contributed by atoms with E-state index in [2.05, 4.69) is 5.32 Å². The fourth-order valence-corrected chi connectivity index (χ4v) is 2.86. The summed E-state index contributed by atoms with van der Waals surface area (Å²) in [7, 11) is 0. The van der Waals surface area contributed by atoms with E-state index in [1.807, 2.05) is 18.2 Å². The SMILES string of the molecule is O=C(COc1ccc(Cl)cc1)Nc1ccc(Cl)cc1[C@H](O)c1ccccc1. The molecule has 0 fully saturated rings. The number of hydrogen-bond donors (Lipinski definition) is 2. The maximum Gasteiger partial charge on any atom is 0.262 e. The van der Waals surface area contributed by atoms with E-state index < -0.39 is 6.10 Å². The average molecular weight is 402 g/mol. The van der Waals surface area contributed by atoms with Gasteiger partial charge in [-0.05, 0) is 48.0 Å². The molecule has 2 N–H and O–H groups in total. The number of aliphatic hydroxyl groups is 1. The number of carbonyl (C=O) groups is 1. The van der Waals surface area contributed by atoms with Crippen LogP contribution in [0, 0.1) is 0 Å². The van der Waals surface area contributed by atoms with Gasteiger partial charge in [0.25, 0.3) is 5.91 Å². The maximum absolute atomic E-state index is 12.3. The van der Waals surface area contributed by atoms with Crippen molar-refractivity contribution >= 4 is 34.8 Å². The van der Waals surface area contributed by atoms with Crippen LogP contribution in [0.4, 0.5) is 5.69 Å². The van der Waals surface area contributed by atoms with Crippen LogP contribution in [0.2, 0.25) is 10.0 Å². The van der Waals surface area contributed by atoms with Crippen LogP contribution in [-0.4, -0.2) is 17.6 Å². The molecular formula is C21H17Cl2NO3. The maximum atomic E-state index is 12.3. The molecule has 0 saturated carbocycles. The lowest BCUT2D eigenvalue weighted by molar-refractivity contribution is -0.118. The molecule has 1 atom stereocenters. The Morgan fingerprint density at radius 2 is 1.63 bits per heavy atom. The van der Waals surface area contributed by atoms with Crippen LogP contribution in [-0.2, 0) is 4.79 Å². The van der Waals surface area contributed by atoms with Gasteiger partial charge in [-0.2, -0.15) is 0 Å². The third-order valence-corrected chi connectivity index (χ3v) is 4.37. The number of anilines is 1. The normalized spacial score (nSPS) is 11.7. The number of halogens is 2. The first-order valence-corrected chi connectivity index (χ1v) is 8.99. The lowest BCUT2D eigenvalue weighted by Gasteiger charge is -2.17. The second-order valence-electron chi connectivity index (χ2n) is 5.84. The molecule has 27 heavy (non-hydrogen) atoms. The fourth-order valence-electron chi connectivity index (χ4n) is 2.55. The number of hydrogen-bond acceptors (Lipinski definition) is 3. The van der Waals surface area contributed by atoms with E-state index >= 15 is 0 Å². The molecule has 3 aromatic rings. The average Bonchev–Trinajstić information content (AvgIpc) is 2.69. The second-order valence-corrected chi connectivity index (χ2v) is 6.71. The minimum Gasteiger partial charge on any atom is -0.484 e. The Balaban J connectivity index is 1.72. The Kier molecular flexibility index (Phi) is 6.35. The van der Waals surface area contributed by atoms with Gasteiger partial charge in [0.05, 0.1) is 0 Å². The van der Waals surface area contributed by atoms with Crippen molar-refractivity contribution < 1.29 is 14.6 Å². The van der Waals surface area contributed by atoms with E-state index in [0.717, 1.165) is 0 Å². The van der Waals surface area contributed by atoms with E-state index in [1.54, 1.807) is 54.6 Å². The molecule has 0 unspecified atom stereocenters. The van der Waals surface area contributed by atoms with Crippen LogP contribution in [0.1, 0.15) is 17.2 Å². The van der Waals surface area contributed by atoms with Gasteiger partial charge in [-0.15, -0.1) is 0 Å². The van der Waals surface area contributed by atoms with Crippen LogP contribution in [0.25, 0.3) is 0 Å². The molecule has 3 rings (SSSR count). The highest BCUT2D eigenvalue weighted by atomic mass is 35.5. The Morgan fingerprint density at radius 1 is 0.963 bits per heavy atom. The van der Waals surface area contributed by atoms with Crippen molar-refractivity contribution in [2.75, 3.05) is 11.9 Å². The summed E-state index contributed by atoms with van der Waals surface area (Å²) in [5, 5.41) is 14.5. The van der Waals surface area contributed by atoms with Crippen molar-refractivity contribution in [1.82, 2.24) is 0 Å². The quantitative estimate of drug-likeness (QED) is 0.604. The molecule has 4 nitrogen and oxygen atoms in total. The van der Waals surface area contributed by atoms with E-state index in [-0.39, 0.29) is 12.5 Å². The summed E-state index contributed by atoms with van der Waals surface area (Å²) in [4.78, 5) is 12.3. The molecule has 0 aliphatic rings. The molecule has 1 amide bonds. The zero-order valence-electron chi connectivity index (χ0n) is 14.2. The van der Waals surface area contributed by atoms with Crippen molar-refractivity contribution in [3.8, 4) is 5.75 Å². The van der Waals surface area contributed by atoms with Gasteiger partial charge in [0.15, 0.2) is 6.61 Å². The van der Waals surface area contributed by atoms with Gasteiger partial charge in [-0.3, -0.25) is 4.79 Å². The first-order valence-electron chi connectivity index (χ1n) is 8.23. The molecule has 0 spiro atoms. The van der Waals surface area contributed by atoms with Crippen LogP contribution >= 0.6 is 23.2 Å². The minimum atomic E-state index is -0.919. The number of aliphatic hydroxyl groups excluding tert-OH is 1. The van der Waals surface area contributed by atoms with Crippen LogP contribution < -0.4 is 10.1 Å². The molecule has 0 aliphatic heterocycles. The van der Waals surface area contributed by atoms with E-state index in [9.17, 15) is 9.90 Å². The summed E-state index contributed by atoms with van der Waals surface area (Å²) in [6, 6.07) is 20.8. The molecule has 0 radical (unpaired) electrons. The summed E-state index contributed by atoms with van der Waals surface area (Å²) in [5.41, 5.74) is 1.68. The summed E-state index contributed by atoms with van der Waals surface area (Å²) in [6.07, 6.45) is -0.919. The predicted octanol–water partition coefficient (Wildman–Crippen LogP) is 5.09. The number of amides is 1. The highest BCUT2D eigenvalue weighted by Crippen LogP contribution is 2.30. The molecule has 0 aromatic heterocycles. The van der Waals surface area contributed by atoms with Gasteiger partial charge >= 0.3 is 0 Å². The summed E-state index contributed by atoms with van der Waals surface area (Å²) >= 11 is 11.9. The Morgan fingerprint density at radius 3 is 2.33 bits per heavy atom. The predicted molar refractivity (Wildman–Crippen MR) is 108 cm³/mol. The third-order valence-electron chi connectivity index (χ3n) is 3.88. The zero-order chi connectivity index (χ0) is 19.2. The van der Waals surface area contributed by atoms with Crippen LogP contribution in [0.3, 0.4) is 0 Å². The van der Waals surface area contributed by atoms with Crippen LogP contribution in [0.15, 0.2) is 72.8 Å². The Hall–Kier alpha value is -2.53. The molecule has 3 aromatic carbocycles. The standard InChI is InChI=1S/C21H17Cl2NO3/c22-15-6-9-17(10-7-15)27-13-20(25)24-19-11-8-16(23)12-18(19)21(26)14-4-2-1-3-5-14/h1-12,21,26H,13H2,(H,24,25)/t21-/m1/s1. The Labute approximate surface area is 167 Å². The van der Waals surface area contributed by atoms with Gasteiger partial charge in [0, 0.05) is 21.3 Å². The monoisotopic (exact) mass is 401 g/mol. The highest BCUT2D eigenvalue weighted by Gasteiger charge is 2.17. The largest absolute Gasteiger partial charge is 0.484 e. The molecule has 0 saturated heterocycles. The first-order chi connectivity index (χ1) is 13.0. The van der Waals surface area contributed by atoms with E-state index in [0.29, 0.717) is 32.6 Å². The molecule has 0 aliphatic carbocycles. The fraction of sp³-hybridized carbons (Fsp3) is 0.0952. The molecule has 138 valence electrons. The smallest absolute Gasteiger partial charge is 0.262 e. The molecule has 6 heteroatoms. The Bertz CT molecular complexity index is 914. The second kappa shape index (κ2) is 8.91. The summed E-state index contributed by atoms with van der Waals surface area (Å²) in [5.74, 6) is 0.184. The lowest BCUT2D eigenvalue weighted by atomic mass is 10.00. The van der Waals surface area contributed by atoms with Crippen LogP contribution in [0.5, 0.6) is 5.75 Å². The third kappa shape index (κ3) is 5.23. The van der Waals surface area contributed by atoms with Gasteiger partial charge in [-0.1, -0.05) is 53.5 Å². The summed E-state index contributed by atoms with van der Waals surface area (Å²) < 4.78 is 5.44. The van der Waals surface area contributed by atoms with Gasteiger partial charge in [-0.25, -0.2) is 0 Å². The summed E-state index contributed by atoms with van der Waals surface area (Å²) in [6.45, 7) is -0.175. The zero-order valence-corrected chi connectivity index (χ0v) is 15.7. The van der Waals surface area contributed by atoms with Crippen molar-refractivity contribution in [2.24, 2.45) is 0 Å². The number of carbonyl (C=O) groups excluding carboxylic acids is 1. The van der Waals surface area contributed by atoms with Crippen molar-refractivity contribution in [1.29, 1.82) is 0 Å². The number of rotatable bonds is 6. The van der Waals surface area contributed by atoms with Crippen molar-refractivity contribution in [3.05, 3.63) is 94.0 Å². The number of benzene rings is 3. The van der Waals surface area contributed by atoms with E-state index in [1.165, 1.54) is 0 Å². The lowest BCUT2D eigenvalue weighted by Crippen LogP contribution is -2.21. The van der Waals surface area contributed by atoms with Gasteiger partial charge in [0.1, 0.15) is 11.9 Å². The molecular weight excluding hydrogens is 385 g/mol. The molecule has 0 heterocycles. The van der Waals surface area contributed by atoms with E-state index in [4.69, 9.17) is 27.9 Å². The first kappa shape index (κ1) is 19.2. The minimum absolute atomic E-state index is 0.175. The number of ether oxygens (including phenoxy) is 1. The highest BCUT2D eigenvalue weighted by molar-refractivity contribution is 6.31.